The Labute approximate surface area is 121 Å². The zero-order chi connectivity index (χ0) is 14.0. The molecule has 3 rings (SSSR count). The molecule has 1 aromatic rings. The molecule has 2 saturated heterocycles. The van der Waals surface area contributed by atoms with Gasteiger partial charge in [0.15, 0.2) is 0 Å². The van der Waals surface area contributed by atoms with E-state index in [1.54, 1.807) is 7.11 Å². The third-order valence-electron chi connectivity index (χ3n) is 5.13. The highest BCUT2D eigenvalue weighted by Gasteiger charge is 2.45. The molecule has 0 amide bonds. The van der Waals surface area contributed by atoms with E-state index < -0.39 is 0 Å². The summed E-state index contributed by atoms with van der Waals surface area (Å²) in [5.74, 6) is 0.872. The Bertz CT molecular complexity index is 431. The smallest absolute Gasteiger partial charge is 0.225 e. The van der Waals surface area contributed by atoms with Crippen LogP contribution in [-0.4, -0.2) is 60.3 Å². The lowest BCUT2D eigenvalue weighted by atomic mass is 9.85. The van der Waals surface area contributed by atoms with Gasteiger partial charge in [0, 0.05) is 44.2 Å². The van der Waals surface area contributed by atoms with Crippen LogP contribution in [0, 0.1) is 0 Å². The van der Waals surface area contributed by atoms with Gasteiger partial charge in [-0.1, -0.05) is 0 Å². The second-order valence-corrected chi connectivity index (χ2v) is 6.02. The molecule has 5 heteroatoms. The van der Waals surface area contributed by atoms with Crippen molar-refractivity contribution in [3.8, 4) is 0 Å². The van der Waals surface area contributed by atoms with E-state index in [2.05, 4.69) is 26.8 Å². The second-order valence-electron chi connectivity index (χ2n) is 6.02. The van der Waals surface area contributed by atoms with Gasteiger partial charge in [0.25, 0.3) is 0 Å². The fraction of sp³-hybridized carbons (Fsp3) is 0.733. The van der Waals surface area contributed by atoms with Crippen LogP contribution in [0.5, 0.6) is 0 Å². The molecule has 1 spiro atoms. The molecule has 0 aromatic carbocycles. The first-order valence-electron chi connectivity index (χ1n) is 7.49. The Balaban J connectivity index is 1.64. The molecule has 1 atom stereocenters. The molecule has 3 heterocycles. The van der Waals surface area contributed by atoms with E-state index in [1.807, 2.05) is 18.5 Å². The van der Waals surface area contributed by atoms with Crippen LogP contribution in [0.1, 0.15) is 25.7 Å². The number of aromatic nitrogens is 2. The van der Waals surface area contributed by atoms with Gasteiger partial charge in [-0.15, -0.1) is 0 Å². The van der Waals surface area contributed by atoms with Gasteiger partial charge in [0.05, 0.1) is 6.61 Å². The van der Waals surface area contributed by atoms with Crippen LogP contribution in [0.25, 0.3) is 0 Å². The van der Waals surface area contributed by atoms with Crippen LogP contribution in [-0.2, 0) is 4.74 Å². The Kier molecular flexibility index (Phi) is 3.89. The summed E-state index contributed by atoms with van der Waals surface area (Å²) in [5, 5.41) is 0. The van der Waals surface area contributed by atoms with Crippen LogP contribution < -0.4 is 4.90 Å². The maximum atomic E-state index is 5.35. The fourth-order valence-electron chi connectivity index (χ4n) is 3.76. The maximum Gasteiger partial charge on any atom is 0.225 e. The lowest BCUT2D eigenvalue weighted by molar-refractivity contribution is 0.0606. The zero-order valence-electron chi connectivity index (χ0n) is 12.5. The first kappa shape index (κ1) is 13.8. The first-order valence-corrected chi connectivity index (χ1v) is 7.49. The number of hydrogen-bond acceptors (Lipinski definition) is 5. The summed E-state index contributed by atoms with van der Waals surface area (Å²) in [5.41, 5.74) is 0.370. The Morgan fingerprint density at radius 2 is 1.95 bits per heavy atom. The number of nitrogens with zero attached hydrogens (tertiary/aromatic N) is 4. The average molecular weight is 276 g/mol. The number of likely N-dealkylation sites (tertiary alicyclic amines) is 1. The number of anilines is 1. The molecule has 2 fully saturated rings. The second kappa shape index (κ2) is 5.66. The van der Waals surface area contributed by atoms with Crippen LogP contribution in [0.4, 0.5) is 5.95 Å². The number of hydrogen-bond donors (Lipinski definition) is 0. The van der Waals surface area contributed by atoms with Crippen molar-refractivity contribution in [3.05, 3.63) is 18.5 Å². The third kappa shape index (κ3) is 2.40. The van der Waals surface area contributed by atoms with E-state index in [1.165, 1.54) is 25.7 Å². The molecule has 5 nitrogen and oxygen atoms in total. The summed E-state index contributed by atoms with van der Waals surface area (Å²) >= 11 is 0. The van der Waals surface area contributed by atoms with E-state index in [0.717, 1.165) is 25.6 Å². The van der Waals surface area contributed by atoms with Gasteiger partial charge < -0.3 is 9.64 Å². The maximum absolute atomic E-state index is 5.35. The molecule has 20 heavy (non-hydrogen) atoms. The van der Waals surface area contributed by atoms with Gasteiger partial charge in [-0.2, -0.15) is 0 Å². The van der Waals surface area contributed by atoms with E-state index in [0.29, 0.717) is 11.6 Å². The summed E-state index contributed by atoms with van der Waals surface area (Å²) in [7, 11) is 4.07. The average Bonchev–Trinajstić information content (AvgIpc) is 2.79. The standard InChI is InChI=1S/C15H24N4O/c1-18-13(12-20-2)4-5-15(18)6-10-19(11-7-15)14-16-8-3-9-17-14/h3,8-9,13H,4-7,10-12H2,1-2H3/t13-/m1/s1. The molecule has 2 aliphatic heterocycles. The van der Waals surface area contributed by atoms with Crippen LogP contribution in [0.15, 0.2) is 18.5 Å². The Hall–Kier alpha value is -1.20. The summed E-state index contributed by atoms with van der Waals surface area (Å²) in [6, 6.07) is 2.45. The molecule has 0 N–H and O–H groups in total. The summed E-state index contributed by atoms with van der Waals surface area (Å²) < 4.78 is 5.35. The van der Waals surface area contributed by atoms with Crippen molar-refractivity contribution >= 4 is 5.95 Å². The van der Waals surface area contributed by atoms with Gasteiger partial charge in [-0.05, 0) is 38.8 Å². The first-order chi connectivity index (χ1) is 9.75. The summed E-state index contributed by atoms with van der Waals surface area (Å²) in [4.78, 5) is 13.6. The lowest BCUT2D eigenvalue weighted by Gasteiger charge is -2.45. The largest absolute Gasteiger partial charge is 0.383 e. The predicted molar refractivity (Wildman–Crippen MR) is 78.9 cm³/mol. The molecule has 0 aliphatic carbocycles. The highest BCUT2D eigenvalue weighted by Crippen LogP contribution is 2.40. The molecule has 0 radical (unpaired) electrons. The van der Waals surface area contributed by atoms with Crippen molar-refractivity contribution in [3.63, 3.8) is 0 Å². The SMILES string of the molecule is COC[C@H]1CCC2(CCN(c3ncccn3)CC2)N1C. The van der Waals surface area contributed by atoms with Gasteiger partial charge in [-0.3, -0.25) is 4.90 Å². The number of piperidine rings is 1. The number of likely N-dealkylation sites (N-methyl/N-ethyl adjacent to an activating group) is 1. The number of ether oxygens (including phenoxy) is 1. The van der Waals surface area contributed by atoms with E-state index in [-0.39, 0.29) is 0 Å². The number of methoxy groups -OCH3 is 1. The van der Waals surface area contributed by atoms with Crippen LogP contribution >= 0.6 is 0 Å². The fourth-order valence-corrected chi connectivity index (χ4v) is 3.76. The van der Waals surface area contributed by atoms with Crippen LogP contribution in [0.2, 0.25) is 0 Å². The molecule has 1 aromatic heterocycles. The van der Waals surface area contributed by atoms with Crippen molar-refractivity contribution in [2.24, 2.45) is 0 Å². The summed E-state index contributed by atoms with van der Waals surface area (Å²) in [6.07, 6.45) is 8.59. The molecule has 0 unspecified atom stereocenters. The van der Waals surface area contributed by atoms with Crippen LogP contribution in [0.3, 0.4) is 0 Å². The summed E-state index contributed by atoms with van der Waals surface area (Å²) in [6.45, 7) is 2.95. The highest BCUT2D eigenvalue weighted by molar-refractivity contribution is 5.30. The van der Waals surface area contributed by atoms with Crippen molar-refractivity contribution in [2.45, 2.75) is 37.3 Å². The number of rotatable bonds is 3. The van der Waals surface area contributed by atoms with Crippen molar-refractivity contribution in [1.82, 2.24) is 14.9 Å². The normalized spacial score (nSPS) is 26.3. The topological polar surface area (TPSA) is 41.5 Å². The minimum Gasteiger partial charge on any atom is -0.383 e. The van der Waals surface area contributed by atoms with E-state index in [4.69, 9.17) is 4.74 Å². The zero-order valence-corrected chi connectivity index (χ0v) is 12.5. The van der Waals surface area contributed by atoms with E-state index in [9.17, 15) is 0 Å². The van der Waals surface area contributed by atoms with E-state index >= 15 is 0 Å². The molecule has 110 valence electrons. The van der Waals surface area contributed by atoms with Gasteiger partial charge >= 0.3 is 0 Å². The molecule has 2 aliphatic rings. The third-order valence-corrected chi connectivity index (χ3v) is 5.13. The van der Waals surface area contributed by atoms with Crippen molar-refractivity contribution < 1.29 is 4.74 Å². The Morgan fingerprint density at radius 3 is 2.60 bits per heavy atom. The van der Waals surface area contributed by atoms with Crippen molar-refractivity contribution in [2.75, 3.05) is 38.8 Å². The monoisotopic (exact) mass is 276 g/mol. The van der Waals surface area contributed by atoms with Gasteiger partial charge in [-0.25, -0.2) is 9.97 Å². The minimum absolute atomic E-state index is 0.370. The predicted octanol–water partition coefficient (Wildman–Crippen LogP) is 1.56. The molecule has 0 saturated carbocycles. The molecular weight excluding hydrogens is 252 g/mol. The van der Waals surface area contributed by atoms with Crippen molar-refractivity contribution in [1.29, 1.82) is 0 Å². The quantitative estimate of drug-likeness (QED) is 0.838. The Morgan fingerprint density at radius 1 is 1.25 bits per heavy atom. The molecular formula is C15H24N4O. The van der Waals surface area contributed by atoms with Gasteiger partial charge in [0.1, 0.15) is 0 Å². The van der Waals surface area contributed by atoms with Gasteiger partial charge in [0.2, 0.25) is 5.95 Å². The lowest BCUT2D eigenvalue weighted by Crippen LogP contribution is -2.53. The minimum atomic E-state index is 0.370. The highest BCUT2D eigenvalue weighted by atomic mass is 16.5. The molecule has 0 bridgehead atoms.